The number of aryl methyl sites for hydroxylation is 2. The van der Waals surface area contributed by atoms with Gasteiger partial charge in [-0.15, -0.1) is 0 Å². The van der Waals surface area contributed by atoms with Gasteiger partial charge in [-0.05, 0) is 53.9 Å². The number of rotatable bonds is 17. The van der Waals surface area contributed by atoms with Gasteiger partial charge in [0.25, 0.3) is 0 Å². The molecule has 0 spiro atoms. The fourth-order valence-electron chi connectivity index (χ4n) is 9.10. The molecular weight excluding hydrogens is 1010 g/mol. The van der Waals surface area contributed by atoms with Gasteiger partial charge in [0.05, 0.1) is 18.3 Å². The van der Waals surface area contributed by atoms with Gasteiger partial charge in [-0.3, -0.25) is 0 Å². The first-order valence-corrected chi connectivity index (χ1v) is 25.0. The summed E-state index contributed by atoms with van der Waals surface area (Å²) in [5.74, 6) is 2.79. The normalized spacial score (nSPS) is 12.8. The Labute approximate surface area is 435 Å². The molecule has 10 aromatic rings. The molecule has 15 nitrogen and oxygen atoms in total. The number of aromatic nitrogens is 12. The third-order valence-electron chi connectivity index (χ3n) is 13.0. The number of imidazole rings is 2. The van der Waals surface area contributed by atoms with E-state index in [1.54, 1.807) is 24.3 Å². The largest absolute Gasteiger partial charge is 0.477 e. The molecular formula is C54H48F6N14OS. The highest BCUT2D eigenvalue weighted by Crippen LogP contribution is 2.39. The summed E-state index contributed by atoms with van der Waals surface area (Å²) in [5.41, 5.74) is 6.07. The number of hydrogen-bond acceptors (Lipinski definition) is 14. The Balaban J connectivity index is 0.859. The zero-order valence-corrected chi connectivity index (χ0v) is 42.4. The van der Waals surface area contributed by atoms with Crippen LogP contribution < -0.4 is 15.4 Å². The van der Waals surface area contributed by atoms with E-state index in [1.165, 1.54) is 29.6 Å². The highest BCUT2D eigenvalue weighted by Gasteiger charge is 2.35. The first-order chi connectivity index (χ1) is 36.5. The third-order valence-corrected chi connectivity index (χ3v) is 13.6. The minimum Gasteiger partial charge on any atom is -0.477 e. The second-order valence-electron chi connectivity index (χ2n) is 18.3. The number of alkyl halides is 6. The summed E-state index contributed by atoms with van der Waals surface area (Å²) < 4.78 is 97.8. The van der Waals surface area contributed by atoms with Crippen molar-refractivity contribution in [3.63, 3.8) is 0 Å². The Morgan fingerprint density at radius 3 is 1.57 bits per heavy atom. The van der Waals surface area contributed by atoms with Crippen LogP contribution >= 0.6 is 11.7 Å². The van der Waals surface area contributed by atoms with E-state index in [0.29, 0.717) is 82.2 Å². The second kappa shape index (κ2) is 21.1. The predicted molar refractivity (Wildman–Crippen MR) is 278 cm³/mol. The highest BCUT2D eigenvalue weighted by molar-refractivity contribution is 7.00. The van der Waals surface area contributed by atoms with Crippen molar-refractivity contribution in [2.75, 3.05) is 17.2 Å². The molecule has 2 atom stereocenters. The van der Waals surface area contributed by atoms with Crippen molar-refractivity contribution in [2.45, 2.75) is 70.9 Å². The van der Waals surface area contributed by atoms with Gasteiger partial charge in [0.15, 0.2) is 45.7 Å². The molecule has 0 aliphatic heterocycles. The van der Waals surface area contributed by atoms with Crippen molar-refractivity contribution < 1.29 is 31.1 Å². The first kappa shape index (κ1) is 51.1. The van der Waals surface area contributed by atoms with Crippen LogP contribution in [0.4, 0.5) is 38.0 Å². The first-order valence-electron chi connectivity index (χ1n) is 24.2. The molecule has 76 heavy (non-hydrogen) atoms. The Hall–Kier alpha value is -8.40. The minimum atomic E-state index is -4.55. The van der Waals surface area contributed by atoms with E-state index in [9.17, 15) is 26.3 Å². The van der Waals surface area contributed by atoms with Crippen LogP contribution in [0.15, 0.2) is 116 Å². The second-order valence-corrected chi connectivity index (χ2v) is 18.8. The molecule has 0 aliphatic rings. The van der Waals surface area contributed by atoms with Crippen LogP contribution in [0, 0.1) is 0 Å². The van der Waals surface area contributed by atoms with E-state index >= 15 is 0 Å². The van der Waals surface area contributed by atoms with E-state index in [1.807, 2.05) is 67.6 Å². The SMILES string of the molecule is CCOc1ncnc2nc(-c3ccccc3C(C)CCC(C)c3ccccc3-c3nc(NCc4ccc(-c5nc(C(F)(F)F)cn5C)cc4)c4nsnc4n3)nc(NCc3ccc(-c4nc(C(F)(F)F)cn4C)cc3)c12. The number of benzene rings is 4. The van der Waals surface area contributed by atoms with Gasteiger partial charge in [0.2, 0.25) is 5.88 Å². The summed E-state index contributed by atoms with van der Waals surface area (Å²) in [7, 11) is 3.06. The molecule has 4 aromatic carbocycles. The summed E-state index contributed by atoms with van der Waals surface area (Å²) in [6.07, 6.45) is -4.13. The molecule has 2 N–H and O–H groups in total. The molecule has 0 radical (unpaired) electrons. The summed E-state index contributed by atoms with van der Waals surface area (Å²) in [6, 6.07) is 30.4. The van der Waals surface area contributed by atoms with E-state index in [4.69, 9.17) is 24.7 Å². The van der Waals surface area contributed by atoms with Crippen LogP contribution in [0.5, 0.6) is 5.88 Å². The summed E-state index contributed by atoms with van der Waals surface area (Å²) in [5, 5.41) is 7.35. The lowest BCUT2D eigenvalue weighted by molar-refractivity contribution is -0.141. The average Bonchev–Trinajstić information content (AvgIpc) is 4.18. The molecule has 10 rings (SSSR count). The van der Waals surface area contributed by atoms with Gasteiger partial charge in [-0.25, -0.2) is 39.9 Å². The molecule has 0 amide bonds. The van der Waals surface area contributed by atoms with Crippen LogP contribution in [0.2, 0.25) is 0 Å². The summed E-state index contributed by atoms with van der Waals surface area (Å²) in [6.45, 7) is 7.24. The fourth-order valence-corrected chi connectivity index (χ4v) is 9.59. The van der Waals surface area contributed by atoms with Gasteiger partial charge in [0, 0.05) is 61.8 Å². The number of halogens is 6. The van der Waals surface area contributed by atoms with Crippen molar-refractivity contribution >= 4 is 45.6 Å². The van der Waals surface area contributed by atoms with E-state index in [0.717, 1.165) is 70.3 Å². The maximum atomic E-state index is 13.4. The Bertz CT molecular complexity index is 3690. The summed E-state index contributed by atoms with van der Waals surface area (Å²) in [4.78, 5) is 36.4. The summed E-state index contributed by atoms with van der Waals surface area (Å²) >= 11 is 1.04. The average molecular weight is 1060 g/mol. The van der Waals surface area contributed by atoms with Crippen molar-refractivity contribution in [1.29, 1.82) is 0 Å². The molecule has 0 fully saturated rings. The van der Waals surface area contributed by atoms with Crippen molar-refractivity contribution in [2.24, 2.45) is 14.1 Å². The van der Waals surface area contributed by atoms with Crippen LogP contribution in [0.3, 0.4) is 0 Å². The Kier molecular flexibility index (Phi) is 14.2. The predicted octanol–water partition coefficient (Wildman–Crippen LogP) is 12.7. The van der Waals surface area contributed by atoms with E-state index < -0.39 is 23.7 Å². The number of ether oxygens (including phenoxy) is 1. The zero-order valence-electron chi connectivity index (χ0n) is 41.6. The van der Waals surface area contributed by atoms with Gasteiger partial charge in [0.1, 0.15) is 29.2 Å². The lowest BCUT2D eigenvalue weighted by atomic mass is 9.85. The fraction of sp³-hybridized carbons (Fsp3) is 0.259. The maximum Gasteiger partial charge on any atom is 0.434 e. The maximum absolute atomic E-state index is 13.4. The van der Waals surface area contributed by atoms with Gasteiger partial charge >= 0.3 is 12.4 Å². The molecule has 388 valence electrons. The number of fused-ring (bicyclic) bond motifs is 2. The number of anilines is 2. The molecule has 0 bridgehead atoms. The smallest absolute Gasteiger partial charge is 0.434 e. The lowest BCUT2D eigenvalue weighted by Gasteiger charge is -2.21. The zero-order chi connectivity index (χ0) is 53.3. The van der Waals surface area contributed by atoms with Gasteiger partial charge in [-0.2, -0.15) is 35.1 Å². The van der Waals surface area contributed by atoms with E-state index in [2.05, 4.69) is 65.3 Å². The Morgan fingerprint density at radius 2 is 1.07 bits per heavy atom. The quantitative estimate of drug-likeness (QED) is 0.0826. The van der Waals surface area contributed by atoms with Crippen LogP contribution in [-0.2, 0) is 39.5 Å². The lowest BCUT2D eigenvalue weighted by Crippen LogP contribution is -2.08. The van der Waals surface area contributed by atoms with Crippen LogP contribution in [0.1, 0.15) is 79.1 Å². The van der Waals surface area contributed by atoms with Crippen molar-refractivity contribution in [3.05, 3.63) is 149 Å². The molecule has 0 saturated carbocycles. The molecule has 6 heterocycles. The van der Waals surface area contributed by atoms with E-state index in [-0.39, 0.29) is 23.5 Å². The molecule has 6 aromatic heterocycles. The number of nitrogens with one attached hydrogen (secondary N) is 2. The topological polar surface area (TPSA) is 172 Å². The van der Waals surface area contributed by atoms with Crippen LogP contribution in [0.25, 0.3) is 67.7 Å². The minimum absolute atomic E-state index is 0.0648. The van der Waals surface area contributed by atoms with Gasteiger partial charge < -0.3 is 24.5 Å². The number of hydrogen-bond donors (Lipinski definition) is 2. The van der Waals surface area contributed by atoms with Crippen molar-refractivity contribution in [1.82, 2.24) is 57.8 Å². The standard InChI is InChI=1S/C54H48F6N14OS/c1-6-75-52-42-46(61-25-32-17-21-34(22-18-32)50-65-40(27-73(50)4)53(55,56)57)67-44(68-47(42)63-29-64-52)38-13-9-7-11-36(38)30(2)15-16-31(3)37-12-8-10-14-39(37)45-69-48(43-49(70-45)72-76-71-43)62-26-33-19-23-35(24-20-33)51-66-41(28-74(51)5)54(58,59)60/h7-14,17-24,27-31H,6,15-16,25-26H2,1-5H3,(H,62,69,70,72)(H,61,63,64,67,68). The molecule has 0 saturated heterocycles. The molecule has 0 aliphatic carbocycles. The van der Waals surface area contributed by atoms with Crippen molar-refractivity contribution in [3.8, 4) is 51.4 Å². The number of nitrogens with zero attached hydrogens (tertiary/aromatic N) is 12. The molecule has 22 heteroatoms. The molecule has 2 unspecified atom stereocenters. The van der Waals surface area contributed by atoms with Gasteiger partial charge in [-0.1, -0.05) is 111 Å². The highest BCUT2D eigenvalue weighted by atomic mass is 32.1. The van der Waals surface area contributed by atoms with Crippen LogP contribution in [-0.4, -0.2) is 64.4 Å². The third kappa shape index (κ3) is 10.7. The Morgan fingerprint density at radius 1 is 0.579 bits per heavy atom. The monoisotopic (exact) mass is 1050 g/mol.